The molecule has 0 spiro atoms. The number of aliphatic hydroxyl groups excluding tert-OH is 1. The Bertz CT molecular complexity index is 1990. The van der Waals surface area contributed by atoms with Crippen molar-refractivity contribution in [1.29, 1.82) is 0 Å². The summed E-state index contributed by atoms with van der Waals surface area (Å²) < 4.78 is 68.8. The van der Waals surface area contributed by atoms with Gasteiger partial charge in [-0.2, -0.15) is 0 Å². The second-order valence-corrected chi connectivity index (χ2v) is 34.2. The minimum Gasteiger partial charge on any atom is -0.462 e. The van der Waals surface area contributed by atoms with Crippen molar-refractivity contribution < 1.29 is 80.2 Å². The van der Waals surface area contributed by atoms with Gasteiger partial charge in [0, 0.05) is 25.7 Å². The highest BCUT2D eigenvalue weighted by atomic mass is 31.2. The van der Waals surface area contributed by atoms with Crippen LogP contribution in [-0.4, -0.2) is 96.7 Å². The van der Waals surface area contributed by atoms with Crippen molar-refractivity contribution in [3.05, 3.63) is 0 Å². The summed E-state index contributed by atoms with van der Waals surface area (Å²) >= 11 is 0. The van der Waals surface area contributed by atoms with Gasteiger partial charge >= 0.3 is 39.5 Å². The molecule has 0 bridgehead atoms. The average Bonchev–Trinajstić information content (AvgIpc) is 0.951. The highest BCUT2D eigenvalue weighted by Crippen LogP contribution is 2.45. The first-order valence-electron chi connectivity index (χ1n) is 42.8. The van der Waals surface area contributed by atoms with Crippen molar-refractivity contribution in [2.24, 2.45) is 23.7 Å². The third-order valence-corrected chi connectivity index (χ3v) is 21.9. The first kappa shape index (κ1) is 100. The summed E-state index contributed by atoms with van der Waals surface area (Å²) in [5, 5.41) is 10.7. The molecule has 0 aliphatic heterocycles. The molecule has 0 fully saturated rings. The average molecular weight is 1490 g/mol. The number of unbranched alkanes of at least 4 members (excludes halogenated alkanes) is 44. The maximum Gasteiger partial charge on any atom is 0.472 e. The molecule has 17 nitrogen and oxygen atoms in total. The Morgan fingerprint density at radius 1 is 0.275 bits per heavy atom. The van der Waals surface area contributed by atoms with E-state index in [4.69, 9.17) is 37.0 Å². The number of hydrogen-bond acceptors (Lipinski definition) is 15. The van der Waals surface area contributed by atoms with Crippen LogP contribution in [0.4, 0.5) is 0 Å². The Hall–Kier alpha value is -1.94. The minimum atomic E-state index is -4.96. The minimum absolute atomic E-state index is 0.105. The molecule has 0 saturated carbocycles. The van der Waals surface area contributed by atoms with Gasteiger partial charge in [-0.25, -0.2) is 9.13 Å². The SMILES string of the molecule is CCC(C)CCCCCCCCCCCCCCCCCCCCC(=O)O[C@H](COC(=O)CCCCCCCCCCCCCCC(C)C)COP(=O)(O)OC[C@@H](O)COP(=O)(O)OC[C@@H](COC(=O)CCCCCCCCCCC(C)C)OC(=O)CCCCCCCCCCCCC(C)CC. The highest BCUT2D eigenvalue weighted by Gasteiger charge is 2.30. The van der Waals surface area contributed by atoms with Crippen LogP contribution in [0.25, 0.3) is 0 Å². The van der Waals surface area contributed by atoms with Gasteiger partial charge in [-0.3, -0.25) is 37.3 Å². The van der Waals surface area contributed by atoms with Crippen molar-refractivity contribution in [2.45, 2.75) is 446 Å². The fourth-order valence-electron chi connectivity index (χ4n) is 12.7. The van der Waals surface area contributed by atoms with Gasteiger partial charge in [0.1, 0.15) is 19.3 Å². The summed E-state index contributed by atoms with van der Waals surface area (Å²) in [6, 6.07) is 0. The van der Waals surface area contributed by atoms with Crippen molar-refractivity contribution in [1.82, 2.24) is 0 Å². The van der Waals surface area contributed by atoms with E-state index < -0.39 is 97.5 Å². The summed E-state index contributed by atoms with van der Waals surface area (Å²) in [5.74, 6) is 1.07. The Morgan fingerprint density at radius 2 is 0.471 bits per heavy atom. The molecule has 0 aromatic rings. The number of hydrogen-bond donors (Lipinski definition) is 3. The predicted molar refractivity (Wildman–Crippen MR) is 418 cm³/mol. The van der Waals surface area contributed by atoms with E-state index in [1.165, 1.54) is 231 Å². The van der Waals surface area contributed by atoms with E-state index in [0.717, 1.165) is 114 Å². The summed E-state index contributed by atoms with van der Waals surface area (Å²) in [4.78, 5) is 73.1. The van der Waals surface area contributed by atoms with Gasteiger partial charge in [-0.15, -0.1) is 0 Å². The summed E-state index contributed by atoms with van der Waals surface area (Å²) in [6.07, 6.45) is 59.6. The molecule has 0 aromatic carbocycles. The molecule has 0 radical (unpaired) electrons. The zero-order chi connectivity index (χ0) is 75.3. The Balaban J connectivity index is 5.23. The van der Waals surface area contributed by atoms with Crippen molar-refractivity contribution in [3.8, 4) is 0 Å². The maximum atomic E-state index is 13.1. The molecular weight excluding hydrogens is 1330 g/mol. The molecule has 0 aliphatic carbocycles. The molecule has 0 amide bonds. The van der Waals surface area contributed by atoms with Crippen molar-refractivity contribution in [3.63, 3.8) is 0 Å². The molecule has 19 heteroatoms. The summed E-state index contributed by atoms with van der Waals surface area (Å²) in [6.45, 7) is 14.3. The van der Waals surface area contributed by atoms with Crippen LogP contribution in [0.1, 0.15) is 428 Å². The summed E-state index contributed by atoms with van der Waals surface area (Å²) in [7, 11) is -9.93. The molecular formula is C83H162O17P2. The smallest absolute Gasteiger partial charge is 0.462 e. The molecule has 606 valence electrons. The normalized spacial score (nSPS) is 14.5. The number of aliphatic hydroxyl groups is 1. The molecule has 0 heterocycles. The van der Waals surface area contributed by atoms with E-state index in [-0.39, 0.29) is 25.7 Å². The van der Waals surface area contributed by atoms with Crippen molar-refractivity contribution >= 4 is 39.5 Å². The van der Waals surface area contributed by atoms with E-state index in [1.54, 1.807) is 0 Å². The maximum absolute atomic E-state index is 13.1. The van der Waals surface area contributed by atoms with Crippen LogP contribution in [0.3, 0.4) is 0 Å². The number of phosphoric acid groups is 2. The lowest BCUT2D eigenvalue weighted by Gasteiger charge is -2.21. The Kier molecular flexibility index (Phi) is 70.6. The first-order valence-corrected chi connectivity index (χ1v) is 45.8. The molecule has 0 aliphatic rings. The second kappa shape index (κ2) is 72.0. The molecule has 4 unspecified atom stereocenters. The van der Waals surface area contributed by atoms with E-state index >= 15 is 0 Å². The van der Waals surface area contributed by atoms with Crippen LogP contribution < -0.4 is 0 Å². The molecule has 0 aromatic heterocycles. The molecule has 3 N–H and O–H groups in total. The van der Waals surface area contributed by atoms with Gasteiger partial charge in [-0.1, -0.05) is 376 Å². The van der Waals surface area contributed by atoms with Gasteiger partial charge in [0.25, 0.3) is 0 Å². The highest BCUT2D eigenvalue weighted by molar-refractivity contribution is 7.47. The second-order valence-electron chi connectivity index (χ2n) is 31.3. The van der Waals surface area contributed by atoms with E-state index in [1.807, 2.05) is 0 Å². The van der Waals surface area contributed by atoms with Crippen molar-refractivity contribution in [2.75, 3.05) is 39.6 Å². The third kappa shape index (κ3) is 73.6. The van der Waals surface area contributed by atoms with E-state index in [2.05, 4.69) is 55.4 Å². The first-order chi connectivity index (χ1) is 49.2. The van der Waals surface area contributed by atoms with Crippen LogP contribution in [0.5, 0.6) is 0 Å². The largest absolute Gasteiger partial charge is 0.472 e. The molecule has 0 rings (SSSR count). The number of carbonyl (C=O) groups is 4. The van der Waals surface area contributed by atoms with E-state index in [9.17, 15) is 43.2 Å². The van der Waals surface area contributed by atoms with Gasteiger partial charge < -0.3 is 33.8 Å². The fourth-order valence-corrected chi connectivity index (χ4v) is 14.3. The summed E-state index contributed by atoms with van der Waals surface area (Å²) in [5.41, 5.74) is 0. The Labute approximate surface area is 626 Å². The fraction of sp³-hybridized carbons (Fsp3) is 0.952. The Morgan fingerprint density at radius 3 is 0.696 bits per heavy atom. The molecule has 102 heavy (non-hydrogen) atoms. The van der Waals surface area contributed by atoms with Crippen LogP contribution in [0, 0.1) is 23.7 Å². The van der Waals surface area contributed by atoms with Gasteiger partial charge in [-0.05, 0) is 49.4 Å². The van der Waals surface area contributed by atoms with Gasteiger partial charge in [0.2, 0.25) is 0 Å². The van der Waals surface area contributed by atoms with Crippen LogP contribution in [0.2, 0.25) is 0 Å². The number of ether oxygens (including phenoxy) is 4. The van der Waals surface area contributed by atoms with Gasteiger partial charge in [0.05, 0.1) is 26.4 Å². The molecule has 7 atom stereocenters. The zero-order valence-corrected chi connectivity index (χ0v) is 69.0. The predicted octanol–water partition coefficient (Wildman–Crippen LogP) is 24.8. The topological polar surface area (TPSA) is 237 Å². The van der Waals surface area contributed by atoms with Crippen LogP contribution >= 0.6 is 15.6 Å². The number of esters is 4. The monoisotopic (exact) mass is 1490 g/mol. The standard InChI is InChI=1S/C83H162O17P2/c1-9-75(7)61-53-45-37-28-22-17-15-13-11-12-14-16-18-24-31-41-49-57-65-82(87)99-78(69-93-80(85)63-55-47-39-30-23-20-19-21-27-35-43-51-59-73(3)4)71-97-101(89,90)95-67-77(84)68-96-102(91,92)98-72-79(70-94-81(86)64-56-48-40-34-33-36-44-52-60-74(5)6)100-83(88)66-58-50-42-32-26-25-29-38-46-54-62-76(8)10-2/h73-79,84H,9-72H2,1-8H3,(H,89,90)(H,91,92)/t75?,76?,77-,78-,79-/m1/s1. The van der Waals surface area contributed by atoms with E-state index in [0.29, 0.717) is 25.7 Å². The van der Waals surface area contributed by atoms with Gasteiger partial charge in [0.15, 0.2) is 12.2 Å². The lowest BCUT2D eigenvalue weighted by Crippen LogP contribution is -2.30. The third-order valence-electron chi connectivity index (χ3n) is 20.0. The number of phosphoric ester groups is 2. The number of rotatable bonds is 80. The molecule has 0 saturated heterocycles. The van der Waals surface area contributed by atoms with Crippen LogP contribution in [-0.2, 0) is 65.4 Å². The lowest BCUT2D eigenvalue weighted by molar-refractivity contribution is -0.161. The van der Waals surface area contributed by atoms with Crippen LogP contribution in [0.15, 0.2) is 0 Å². The zero-order valence-electron chi connectivity index (χ0n) is 67.2. The number of carbonyl (C=O) groups excluding carboxylic acids is 4. The quantitative estimate of drug-likeness (QED) is 0.0222. The lowest BCUT2D eigenvalue weighted by atomic mass is 9.99.